The summed E-state index contributed by atoms with van der Waals surface area (Å²) in [6, 6.07) is 29.8. The zero-order valence-corrected chi connectivity index (χ0v) is 23.5. The lowest BCUT2D eigenvalue weighted by Crippen LogP contribution is -2.45. The Morgan fingerprint density at radius 2 is 1.68 bits per heavy atom. The summed E-state index contributed by atoms with van der Waals surface area (Å²) in [5, 5.41) is 0.672. The van der Waals surface area contributed by atoms with Crippen LogP contribution in [-0.2, 0) is 6.42 Å². The summed E-state index contributed by atoms with van der Waals surface area (Å²) in [6.45, 7) is 9.27. The number of nitrogens with two attached hydrogens (primary N) is 1. The molecular weight excluding hydrogens is 486 g/mol. The van der Waals surface area contributed by atoms with E-state index in [1.807, 2.05) is 24.4 Å². The fourth-order valence-corrected chi connectivity index (χ4v) is 5.88. The van der Waals surface area contributed by atoms with Crippen LogP contribution in [0.25, 0.3) is 11.1 Å². The maximum atomic E-state index is 6.25. The van der Waals surface area contributed by atoms with Crippen LogP contribution in [0.3, 0.4) is 0 Å². The highest BCUT2D eigenvalue weighted by molar-refractivity contribution is 6.31. The summed E-state index contributed by atoms with van der Waals surface area (Å²) in [7, 11) is 0. The number of benzene rings is 3. The smallest absolute Gasteiger partial charge is 0.0482 e. The first-order valence-electron chi connectivity index (χ1n) is 13.7. The molecule has 3 aromatic carbocycles. The maximum Gasteiger partial charge on any atom is 0.0482 e. The van der Waals surface area contributed by atoms with Gasteiger partial charge in [0.15, 0.2) is 0 Å². The minimum absolute atomic E-state index is 0.165. The average Bonchev–Trinajstić information content (AvgIpc) is 2.93. The third-order valence-electron chi connectivity index (χ3n) is 7.98. The summed E-state index contributed by atoms with van der Waals surface area (Å²) in [5.41, 5.74) is 14.2. The number of pyridine rings is 1. The molecule has 0 radical (unpaired) electrons. The molecule has 1 atom stereocenters. The molecule has 2 heterocycles. The molecule has 196 valence electrons. The number of hydrogen-bond donors (Lipinski definition) is 1. The molecule has 0 bridgehead atoms. The normalized spacial score (nSPS) is 15.9. The van der Waals surface area contributed by atoms with Gasteiger partial charge in [0, 0.05) is 45.2 Å². The second kappa shape index (κ2) is 11.3. The summed E-state index contributed by atoms with van der Waals surface area (Å²) in [4.78, 5) is 7.59. The van der Waals surface area contributed by atoms with E-state index < -0.39 is 0 Å². The third-order valence-corrected chi connectivity index (χ3v) is 8.22. The van der Waals surface area contributed by atoms with Crippen LogP contribution in [0.2, 0.25) is 5.02 Å². The average molecular weight is 524 g/mol. The van der Waals surface area contributed by atoms with Crippen molar-refractivity contribution in [2.75, 3.05) is 18.8 Å². The molecule has 4 aromatic rings. The number of hydrogen-bond acceptors (Lipinski definition) is 3. The molecule has 1 aliphatic heterocycles. The van der Waals surface area contributed by atoms with Gasteiger partial charge in [-0.05, 0) is 100.0 Å². The SMILES string of the molecule is CC(C)(C)N1CCC(c2cccc(C(Cc3ccccc3)c3ccc(-c4cc(Cl)ccc4N)cn3)c2)CC1. The van der Waals surface area contributed by atoms with Crippen LogP contribution in [0.5, 0.6) is 0 Å². The highest BCUT2D eigenvalue weighted by Crippen LogP contribution is 2.35. The van der Waals surface area contributed by atoms with E-state index in [1.54, 1.807) is 0 Å². The number of likely N-dealkylation sites (tertiary alicyclic amines) is 1. The first-order valence-corrected chi connectivity index (χ1v) is 14.1. The highest BCUT2D eigenvalue weighted by atomic mass is 35.5. The first kappa shape index (κ1) is 26.5. The van der Waals surface area contributed by atoms with E-state index in [0.29, 0.717) is 16.6 Å². The third kappa shape index (κ3) is 6.11. The standard InChI is InChI=1S/C34H38ClN3/c1-34(2,3)38-18-16-25(17-19-38)26-10-7-11-27(21-26)31(20-24-8-5-4-6-9-24)33-15-12-28(23-37-33)30-22-29(35)13-14-32(30)36/h4-15,21-23,25,31H,16-20,36H2,1-3H3. The topological polar surface area (TPSA) is 42.1 Å². The van der Waals surface area contributed by atoms with Crippen LogP contribution in [0, 0.1) is 0 Å². The van der Waals surface area contributed by atoms with Gasteiger partial charge in [-0.15, -0.1) is 0 Å². The molecule has 2 N–H and O–H groups in total. The van der Waals surface area contributed by atoms with Crippen LogP contribution in [-0.4, -0.2) is 28.5 Å². The van der Waals surface area contributed by atoms with Gasteiger partial charge in [-0.1, -0.05) is 72.3 Å². The van der Waals surface area contributed by atoms with Gasteiger partial charge in [0.05, 0.1) is 0 Å². The lowest BCUT2D eigenvalue weighted by atomic mass is 9.83. The lowest BCUT2D eigenvalue weighted by Gasteiger charge is -2.41. The number of aromatic nitrogens is 1. The van der Waals surface area contributed by atoms with Gasteiger partial charge in [0.2, 0.25) is 0 Å². The van der Waals surface area contributed by atoms with E-state index in [4.69, 9.17) is 22.3 Å². The number of anilines is 1. The molecule has 1 saturated heterocycles. The Balaban J connectivity index is 1.44. The van der Waals surface area contributed by atoms with Gasteiger partial charge in [-0.2, -0.15) is 0 Å². The lowest BCUT2D eigenvalue weighted by molar-refractivity contribution is 0.102. The van der Waals surface area contributed by atoms with Crippen molar-refractivity contribution in [3.63, 3.8) is 0 Å². The Morgan fingerprint density at radius 3 is 2.37 bits per heavy atom. The molecule has 0 saturated carbocycles. The van der Waals surface area contributed by atoms with Crippen LogP contribution in [0.1, 0.15) is 67.8 Å². The zero-order chi connectivity index (χ0) is 26.7. The van der Waals surface area contributed by atoms with Crippen LogP contribution in [0.15, 0.2) is 91.1 Å². The van der Waals surface area contributed by atoms with Crippen molar-refractivity contribution in [1.82, 2.24) is 9.88 Å². The van der Waals surface area contributed by atoms with Crippen LogP contribution < -0.4 is 5.73 Å². The number of nitrogen functional groups attached to an aromatic ring is 1. The van der Waals surface area contributed by atoms with Crippen LogP contribution >= 0.6 is 11.6 Å². The largest absolute Gasteiger partial charge is 0.398 e. The fraction of sp³-hybridized carbons (Fsp3) is 0.324. The van der Waals surface area contributed by atoms with Gasteiger partial charge >= 0.3 is 0 Å². The van der Waals surface area contributed by atoms with E-state index in [0.717, 1.165) is 36.3 Å². The van der Waals surface area contributed by atoms with E-state index >= 15 is 0 Å². The zero-order valence-electron chi connectivity index (χ0n) is 22.7. The predicted octanol–water partition coefficient (Wildman–Crippen LogP) is 8.34. The summed E-state index contributed by atoms with van der Waals surface area (Å²) in [6.07, 6.45) is 5.25. The Kier molecular flexibility index (Phi) is 7.88. The summed E-state index contributed by atoms with van der Waals surface area (Å²) in [5.74, 6) is 0.768. The summed E-state index contributed by atoms with van der Waals surface area (Å²) >= 11 is 6.25. The highest BCUT2D eigenvalue weighted by Gasteiger charge is 2.28. The molecule has 0 aliphatic carbocycles. The number of halogens is 1. The maximum absolute atomic E-state index is 6.25. The van der Waals surface area contributed by atoms with Gasteiger partial charge in [-0.25, -0.2) is 0 Å². The molecule has 1 unspecified atom stereocenters. The molecule has 1 fully saturated rings. The molecule has 5 rings (SSSR count). The summed E-state index contributed by atoms with van der Waals surface area (Å²) < 4.78 is 0. The molecule has 1 aromatic heterocycles. The van der Waals surface area contributed by atoms with E-state index in [-0.39, 0.29) is 11.5 Å². The van der Waals surface area contributed by atoms with Gasteiger partial charge in [0.1, 0.15) is 0 Å². The van der Waals surface area contributed by atoms with Crippen molar-refractivity contribution in [1.29, 1.82) is 0 Å². The quantitative estimate of drug-likeness (QED) is 0.258. The van der Waals surface area contributed by atoms with Crippen molar-refractivity contribution in [3.05, 3.63) is 119 Å². The van der Waals surface area contributed by atoms with Crippen molar-refractivity contribution in [3.8, 4) is 11.1 Å². The van der Waals surface area contributed by atoms with Crippen molar-refractivity contribution in [2.45, 2.75) is 57.4 Å². The van der Waals surface area contributed by atoms with Crippen molar-refractivity contribution in [2.24, 2.45) is 0 Å². The Bertz CT molecular complexity index is 1350. The van der Waals surface area contributed by atoms with Gasteiger partial charge in [0.25, 0.3) is 0 Å². The monoisotopic (exact) mass is 523 g/mol. The van der Waals surface area contributed by atoms with Crippen molar-refractivity contribution < 1.29 is 0 Å². The minimum Gasteiger partial charge on any atom is -0.398 e. The van der Waals surface area contributed by atoms with Crippen LogP contribution in [0.4, 0.5) is 5.69 Å². The van der Waals surface area contributed by atoms with E-state index in [2.05, 4.69) is 92.4 Å². The van der Waals surface area contributed by atoms with E-state index in [9.17, 15) is 0 Å². The van der Waals surface area contributed by atoms with Crippen molar-refractivity contribution >= 4 is 17.3 Å². The Morgan fingerprint density at radius 1 is 0.921 bits per heavy atom. The number of piperidine rings is 1. The van der Waals surface area contributed by atoms with Gasteiger partial charge in [-0.3, -0.25) is 9.88 Å². The Labute approximate surface area is 232 Å². The molecule has 1 aliphatic rings. The molecule has 0 amide bonds. The predicted molar refractivity (Wildman–Crippen MR) is 161 cm³/mol. The second-order valence-corrected chi connectivity index (χ2v) is 12.0. The number of nitrogens with zero attached hydrogens (tertiary/aromatic N) is 2. The first-order chi connectivity index (χ1) is 18.3. The molecule has 0 spiro atoms. The molecule has 38 heavy (non-hydrogen) atoms. The van der Waals surface area contributed by atoms with Gasteiger partial charge < -0.3 is 5.73 Å². The number of rotatable bonds is 6. The van der Waals surface area contributed by atoms with E-state index in [1.165, 1.54) is 29.5 Å². The minimum atomic E-state index is 0.165. The Hall–Kier alpha value is -3.14. The molecule has 4 heteroatoms. The molecule has 3 nitrogen and oxygen atoms in total. The second-order valence-electron chi connectivity index (χ2n) is 11.5. The fourth-order valence-electron chi connectivity index (χ4n) is 5.71. The molecular formula is C34H38ClN3.